The maximum atomic E-state index is 11.6. The van der Waals surface area contributed by atoms with E-state index < -0.39 is 12.1 Å². The van der Waals surface area contributed by atoms with Crippen molar-refractivity contribution < 1.29 is 22.7 Å². The van der Waals surface area contributed by atoms with Gasteiger partial charge in [-0.15, -0.1) is 13.2 Å². The molecule has 0 amide bonds. The van der Waals surface area contributed by atoms with Gasteiger partial charge in [-0.05, 0) is 24.3 Å². The molecule has 13 heavy (non-hydrogen) atoms. The van der Waals surface area contributed by atoms with E-state index in [1.54, 1.807) is 0 Å². The van der Waals surface area contributed by atoms with Gasteiger partial charge in [0.15, 0.2) is 6.29 Å². The lowest BCUT2D eigenvalue weighted by Crippen LogP contribution is -2.17. The average molecular weight is 189 g/mol. The topological polar surface area (TPSA) is 26.3 Å². The number of hydrogen-bond acceptors (Lipinski definition) is 2. The van der Waals surface area contributed by atoms with Crippen molar-refractivity contribution in [2.24, 2.45) is 0 Å². The van der Waals surface area contributed by atoms with Gasteiger partial charge in [-0.1, -0.05) is 0 Å². The van der Waals surface area contributed by atoms with E-state index in [2.05, 4.69) is 10.8 Å². The highest BCUT2D eigenvalue weighted by Gasteiger charge is 2.30. The van der Waals surface area contributed by atoms with Gasteiger partial charge < -0.3 is 4.74 Å². The van der Waals surface area contributed by atoms with Crippen molar-refractivity contribution in [2.75, 3.05) is 0 Å². The Morgan fingerprint density at radius 2 is 2.08 bits per heavy atom. The first-order valence-corrected chi connectivity index (χ1v) is 3.24. The summed E-state index contributed by atoms with van der Waals surface area (Å²) in [6.07, 6.45) is -4.23. The quantitative estimate of drug-likeness (QED) is 0.666. The van der Waals surface area contributed by atoms with Crippen molar-refractivity contribution in [1.29, 1.82) is 0 Å². The molecule has 0 aliphatic heterocycles. The first-order chi connectivity index (χ1) is 6.01. The van der Waals surface area contributed by atoms with Crippen LogP contribution in [-0.2, 0) is 0 Å². The van der Waals surface area contributed by atoms with Crippen molar-refractivity contribution in [2.45, 2.75) is 6.36 Å². The van der Waals surface area contributed by atoms with Gasteiger partial charge in [0, 0.05) is 5.56 Å². The Morgan fingerprint density at radius 3 is 2.46 bits per heavy atom. The average Bonchev–Trinajstić information content (AvgIpc) is 2.03. The van der Waals surface area contributed by atoms with E-state index in [-0.39, 0.29) is 5.56 Å². The molecule has 2 nitrogen and oxygen atoms in total. The summed E-state index contributed by atoms with van der Waals surface area (Å²) in [6, 6.07) is 5.51. The standard InChI is InChI=1S/C8H4F3O2/c9-8(10,11)13-7-3-1-6(5-12)2-4-7/h1,3-5H. The second kappa shape index (κ2) is 3.47. The van der Waals surface area contributed by atoms with E-state index in [0.29, 0.717) is 6.29 Å². The van der Waals surface area contributed by atoms with Crippen LogP contribution in [-0.4, -0.2) is 12.6 Å². The molecule has 0 aliphatic carbocycles. The summed E-state index contributed by atoms with van der Waals surface area (Å²) in [7, 11) is 0. The number of carbonyl (C=O) groups is 1. The smallest absolute Gasteiger partial charge is 0.406 e. The summed E-state index contributed by atoms with van der Waals surface area (Å²) >= 11 is 0. The molecule has 1 radical (unpaired) electrons. The van der Waals surface area contributed by atoms with Crippen molar-refractivity contribution in [3.63, 3.8) is 0 Å². The molecule has 0 unspecified atom stereocenters. The number of halogens is 3. The molecule has 0 N–H and O–H groups in total. The van der Waals surface area contributed by atoms with Gasteiger partial charge in [0.25, 0.3) is 0 Å². The maximum Gasteiger partial charge on any atom is 0.573 e. The van der Waals surface area contributed by atoms with Crippen LogP contribution in [0.4, 0.5) is 13.2 Å². The van der Waals surface area contributed by atoms with Crippen LogP contribution in [0.15, 0.2) is 18.2 Å². The highest BCUT2D eigenvalue weighted by molar-refractivity contribution is 5.74. The van der Waals surface area contributed by atoms with Gasteiger partial charge in [0.05, 0.1) is 0 Å². The second-order valence-corrected chi connectivity index (χ2v) is 2.15. The van der Waals surface area contributed by atoms with E-state index in [1.807, 2.05) is 0 Å². The van der Waals surface area contributed by atoms with Crippen LogP contribution in [0, 0.1) is 6.07 Å². The van der Waals surface area contributed by atoms with Gasteiger partial charge >= 0.3 is 6.36 Å². The van der Waals surface area contributed by atoms with Crippen LogP contribution >= 0.6 is 0 Å². The summed E-state index contributed by atoms with van der Waals surface area (Å²) in [6.45, 7) is 0. The molecule has 1 rings (SSSR count). The van der Waals surface area contributed by atoms with Crippen LogP contribution < -0.4 is 4.74 Å². The predicted molar refractivity (Wildman–Crippen MR) is 37.3 cm³/mol. The second-order valence-electron chi connectivity index (χ2n) is 2.15. The molecule has 0 saturated heterocycles. The third-order valence-corrected chi connectivity index (χ3v) is 1.17. The third kappa shape index (κ3) is 3.14. The van der Waals surface area contributed by atoms with Crippen LogP contribution in [0.2, 0.25) is 0 Å². The molecular formula is C8H4F3O2. The van der Waals surface area contributed by atoms with Gasteiger partial charge in [-0.25, -0.2) is 0 Å². The summed E-state index contributed by atoms with van der Waals surface area (Å²) in [5.41, 5.74) is 0.175. The van der Waals surface area contributed by atoms with Gasteiger partial charge in [-0.2, -0.15) is 0 Å². The predicted octanol–water partition coefficient (Wildman–Crippen LogP) is 2.20. The molecule has 1 aromatic rings. The largest absolute Gasteiger partial charge is 0.573 e. The molecule has 1 aromatic carbocycles. The molecule has 0 atom stereocenters. The minimum atomic E-state index is -4.71. The zero-order chi connectivity index (χ0) is 9.90. The first kappa shape index (κ1) is 9.57. The van der Waals surface area contributed by atoms with Crippen molar-refractivity contribution in [1.82, 2.24) is 0 Å². The van der Waals surface area contributed by atoms with Crippen LogP contribution in [0.3, 0.4) is 0 Å². The zero-order valence-electron chi connectivity index (χ0n) is 6.26. The number of alkyl halides is 3. The van der Waals surface area contributed by atoms with Crippen LogP contribution in [0.1, 0.15) is 10.4 Å². The molecule has 0 spiro atoms. The summed E-state index contributed by atoms with van der Waals surface area (Å²) in [5, 5.41) is 0. The highest BCUT2D eigenvalue weighted by atomic mass is 19.4. The number of hydrogen-bond donors (Lipinski definition) is 0. The molecule has 0 fully saturated rings. The lowest BCUT2D eigenvalue weighted by atomic mass is 10.2. The molecule has 5 heteroatoms. The van der Waals surface area contributed by atoms with Crippen molar-refractivity contribution in [3.05, 3.63) is 29.8 Å². The monoisotopic (exact) mass is 189 g/mol. The minimum absolute atomic E-state index is 0.175. The van der Waals surface area contributed by atoms with Crippen molar-refractivity contribution in [3.8, 4) is 5.75 Å². The fraction of sp³-hybridized carbons (Fsp3) is 0.125. The highest BCUT2D eigenvalue weighted by Crippen LogP contribution is 2.21. The van der Waals surface area contributed by atoms with Gasteiger partial charge in [0.1, 0.15) is 5.75 Å². The van der Waals surface area contributed by atoms with E-state index in [0.717, 1.165) is 12.1 Å². The van der Waals surface area contributed by atoms with Crippen LogP contribution in [0.5, 0.6) is 5.75 Å². The molecule has 0 aromatic heterocycles. The maximum absolute atomic E-state index is 11.6. The Kier molecular flexibility index (Phi) is 2.55. The lowest BCUT2D eigenvalue weighted by Gasteiger charge is -2.07. The van der Waals surface area contributed by atoms with Gasteiger partial charge in [0.2, 0.25) is 0 Å². The normalized spacial score (nSPS) is 11.0. The Morgan fingerprint density at radius 1 is 1.38 bits per heavy atom. The van der Waals surface area contributed by atoms with Crippen molar-refractivity contribution >= 4 is 6.29 Å². The molecular weight excluding hydrogens is 185 g/mol. The minimum Gasteiger partial charge on any atom is -0.406 e. The molecule has 0 aliphatic rings. The molecule has 0 heterocycles. The van der Waals surface area contributed by atoms with E-state index in [9.17, 15) is 18.0 Å². The Hall–Kier alpha value is -1.52. The third-order valence-electron chi connectivity index (χ3n) is 1.17. The van der Waals surface area contributed by atoms with Crippen LogP contribution in [0.25, 0.3) is 0 Å². The number of benzene rings is 1. The molecule has 0 bridgehead atoms. The number of ether oxygens (including phenoxy) is 1. The Labute approximate surface area is 71.9 Å². The van der Waals surface area contributed by atoms with Gasteiger partial charge in [-0.3, -0.25) is 4.79 Å². The SMILES string of the molecule is O=Cc1[c]cc(OC(F)(F)F)cc1. The number of rotatable bonds is 2. The molecule has 0 saturated carbocycles. The first-order valence-electron chi connectivity index (χ1n) is 3.24. The lowest BCUT2D eigenvalue weighted by molar-refractivity contribution is -0.274. The fourth-order valence-electron chi connectivity index (χ4n) is 0.693. The fourth-order valence-corrected chi connectivity index (χ4v) is 0.693. The number of aldehydes is 1. The zero-order valence-corrected chi connectivity index (χ0v) is 6.26. The Bertz CT molecular complexity index is 289. The summed E-state index contributed by atoms with van der Waals surface area (Å²) in [5.74, 6) is -0.391. The van der Waals surface area contributed by atoms with E-state index in [1.165, 1.54) is 6.07 Å². The van der Waals surface area contributed by atoms with E-state index in [4.69, 9.17) is 0 Å². The summed E-state index contributed by atoms with van der Waals surface area (Å²) < 4.78 is 38.4. The Balaban J connectivity index is 2.75. The molecule has 69 valence electrons. The summed E-state index contributed by atoms with van der Waals surface area (Å²) in [4.78, 5) is 10.1. The van der Waals surface area contributed by atoms with E-state index >= 15 is 0 Å². The number of carbonyl (C=O) groups excluding carboxylic acids is 1.